The highest BCUT2D eigenvalue weighted by Gasteiger charge is 2.36. The number of ketones is 1. The molecule has 0 radical (unpaired) electrons. The van der Waals surface area contributed by atoms with Gasteiger partial charge in [0.1, 0.15) is 12.1 Å². The number of Topliss-reactive ketones (excluding diaryl/α,β-unsaturated/α-hetero) is 1. The van der Waals surface area contributed by atoms with Crippen LogP contribution < -0.4 is 33.3 Å². The molecule has 2 aromatic heterocycles. The van der Waals surface area contributed by atoms with E-state index in [1.807, 2.05) is 54.6 Å². The minimum atomic E-state index is -1.10. The van der Waals surface area contributed by atoms with Crippen LogP contribution in [-0.4, -0.2) is 104 Å². The number of hydrogen-bond donors (Lipinski definition) is 8. The topological polar surface area (TPSA) is 268 Å². The van der Waals surface area contributed by atoms with Gasteiger partial charge in [-0.3, -0.25) is 29.4 Å². The van der Waals surface area contributed by atoms with E-state index in [9.17, 15) is 28.8 Å². The number of nitrogens with two attached hydrogens (primary N) is 3. The molecule has 6 amide bonds. The first-order valence-electron chi connectivity index (χ1n) is 19.3. The Morgan fingerprint density at radius 2 is 1.61 bits per heavy atom. The molecule has 1 saturated heterocycles. The molecule has 1 fully saturated rings. The predicted molar refractivity (Wildman–Crippen MR) is 213 cm³/mol. The summed E-state index contributed by atoms with van der Waals surface area (Å²) >= 11 is 0. The average Bonchev–Trinajstić information content (AvgIpc) is 3.87. The van der Waals surface area contributed by atoms with E-state index < -0.39 is 65.5 Å². The van der Waals surface area contributed by atoms with Gasteiger partial charge in [0.25, 0.3) is 5.91 Å². The standard InChI is InChI=1S/C40H53N11O6/c1-25(50-16-9-17-51(40(50)57)49-39(56)31(42)21-29-23-44-24-46-29)37(54)48-34(19-28-22-45-32-13-6-5-12-30(28)32)35(52)20-27(18-26-10-3-2-4-11-26)38(55)47-33(36(43)53)14-7-8-15-41/h2-6,10-13,22-25,27,31,33-34,45H,7-9,14-21,41-42H2,1H3,(H2,43,53)(H,44,46)(H,47,55)(H,48,54)(H,49,56)/t25-,27-,31-,33-,34-/m0/s1. The Kier molecular flexibility index (Phi) is 14.9. The summed E-state index contributed by atoms with van der Waals surface area (Å²) in [7, 11) is 0. The fourth-order valence-corrected chi connectivity index (χ4v) is 6.96. The van der Waals surface area contributed by atoms with Gasteiger partial charge in [0.2, 0.25) is 17.7 Å². The third-order valence-electron chi connectivity index (χ3n) is 10.2. The van der Waals surface area contributed by atoms with Crippen molar-refractivity contribution in [3.8, 4) is 0 Å². The number of hydrogen-bond acceptors (Lipinski definition) is 9. The largest absolute Gasteiger partial charge is 0.368 e. The zero-order valence-electron chi connectivity index (χ0n) is 32.1. The number of benzene rings is 2. The normalized spacial score (nSPS) is 15.7. The quantitative estimate of drug-likeness (QED) is 0.0559. The number of para-hydroxylation sites is 1. The average molecular weight is 784 g/mol. The molecule has 1 aliphatic heterocycles. The number of urea groups is 1. The van der Waals surface area contributed by atoms with Crippen molar-refractivity contribution in [3.05, 3.63) is 90.1 Å². The zero-order chi connectivity index (χ0) is 40.9. The smallest absolute Gasteiger partial charge is 0.339 e. The summed E-state index contributed by atoms with van der Waals surface area (Å²) in [6, 6.07) is 12.1. The van der Waals surface area contributed by atoms with Crippen LogP contribution in [0.4, 0.5) is 4.79 Å². The Balaban J connectivity index is 1.34. The first-order valence-corrected chi connectivity index (χ1v) is 19.3. The van der Waals surface area contributed by atoms with Gasteiger partial charge in [-0.05, 0) is 62.8 Å². The number of aromatic nitrogens is 3. The van der Waals surface area contributed by atoms with Gasteiger partial charge in [-0.25, -0.2) is 14.8 Å². The lowest BCUT2D eigenvalue weighted by Crippen LogP contribution is -2.63. The van der Waals surface area contributed by atoms with Crippen LogP contribution in [0.2, 0.25) is 0 Å². The molecule has 1 aliphatic rings. The SMILES string of the molecule is C[C@@H](C(=O)N[C@@H](Cc1c[nH]c2ccccc12)C(=O)C[C@H](Cc1ccccc1)C(=O)N[C@@H](CCCCN)C(N)=O)N1CCCN(NC(=O)[C@@H](N)Cc2cnc[nH]2)C1=O. The zero-order valence-corrected chi connectivity index (χ0v) is 32.1. The van der Waals surface area contributed by atoms with E-state index in [4.69, 9.17) is 17.2 Å². The van der Waals surface area contributed by atoms with Crippen LogP contribution in [0, 0.1) is 5.92 Å². The maximum atomic E-state index is 14.4. The van der Waals surface area contributed by atoms with Crippen molar-refractivity contribution < 1.29 is 28.8 Å². The Labute approximate surface area is 330 Å². The molecule has 2 aromatic carbocycles. The number of carbonyl (C=O) groups excluding carboxylic acids is 6. The number of fused-ring (bicyclic) bond motifs is 1. The number of nitrogens with zero attached hydrogens (tertiary/aromatic N) is 3. The van der Waals surface area contributed by atoms with Crippen LogP contribution in [-0.2, 0) is 43.2 Å². The highest BCUT2D eigenvalue weighted by Crippen LogP contribution is 2.22. The van der Waals surface area contributed by atoms with Gasteiger partial charge in [-0.2, -0.15) is 0 Å². The molecule has 0 aliphatic carbocycles. The number of rotatable bonds is 21. The van der Waals surface area contributed by atoms with Gasteiger partial charge >= 0.3 is 6.03 Å². The third kappa shape index (κ3) is 11.5. The first-order chi connectivity index (χ1) is 27.4. The second-order valence-electron chi connectivity index (χ2n) is 14.5. The lowest BCUT2D eigenvalue weighted by molar-refractivity contribution is -0.134. The number of amides is 6. The molecule has 11 N–H and O–H groups in total. The molecule has 17 nitrogen and oxygen atoms in total. The van der Waals surface area contributed by atoms with Crippen molar-refractivity contribution in [3.63, 3.8) is 0 Å². The van der Waals surface area contributed by atoms with Gasteiger partial charge < -0.3 is 42.7 Å². The van der Waals surface area contributed by atoms with Crippen molar-refractivity contribution >= 4 is 46.3 Å². The van der Waals surface area contributed by atoms with E-state index in [-0.39, 0.29) is 38.8 Å². The highest BCUT2D eigenvalue weighted by molar-refractivity contribution is 5.96. The van der Waals surface area contributed by atoms with E-state index in [1.54, 1.807) is 19.3 Å². The number of imidazole rings is 1. The van der Waals surface area contributed by atoms with Gasteiger partial charge in [0.15, 0.2) is 5.78 Å². The van der Waals surface area contributed by atoms with Gasteiger partial charge in [-0.15, -0.1) is 0 Å². The molecule has 5 rings (SSSR count). The van der Waals surface area contributed by atoms with Crippen molar-refractivity contribution in [2.24, 2.45) is 23.1 Å². The number of aromatic amines is 2. The van der Waals surface area contributed by atoms with Crippen LogP contribution in [0.25, 0.3) is 10.9 Å². The van der Waals surface area contributed by atoms with E-state index in [0.717, 1.165) is 27.0 Å². The highest BCUT2D eigenvalue weighted by atomic mass is 16.2. The van der Waals surface area contributed by atoms with Crippen LogP contribution in [0.1, 0.15) is 55.8 Å². The summed E-state index contributed by atoms with van der Waals surface area (Å²) in [5, 5.41) is 7.65. The summed E-state index contributed by atoms with van der Waals surface area (Å²) < 4.78 is 0. The van der Waals surface area contributed by atoms with Crippen LogP contribution in [0.5, 0.6) is 0 Å². The molecule has 3 heterocycles. The molecule has 5 atom stereocenters. The van der Waals surface area contributed by atoms with Crippen LogP contribution >= 0.6 is 0 Å². The minimum Gasteiger partial charge on any atom is -0.368 e. The second kappa shape index (κ2) is 20.2. The molecule has 0 saturated carbocycles. The molecule has 57 heavy (non-hydrogen) atoms. The van der Waals surface area contributed by atoms with Gasteiger partial charge in [0, 0.05) is 67.3 Å². The number of H-pyrrole nitrogens is 2. The van der Waals surface area contributed by atoms with Gasteiger partial charge in [0.05, 0.1) is 18.4 Å². The van der Waals surface area contributed by atoms with E-state index in [2.05, 4.69) is 31.0 Å². The van der Waals surface area contributed by atoms with Crippen LogP contribution in [0.15, 0.2) is 73.3 Å². The van der Waals surface area contributed by atoms with Crippen molar-refractivity contribution in [1.29, 1.82) is 0 Å². The van der Waals surface area contributed by atoms with Gasteiger partial charge in [-0.1, -0.05) is 48.5 Å². The third-order valence-corrected chi connectivity index (χ3v) is 10.2. The molecular formula is C40H53N11O6. The minimum absolute atomic E-state index is 0.0916. The summed E-state index contributed by atoms with van der Waals surface area (Å²) in [5.74, 6) is -3.69. The van der Waals surface area contributed by atoms with E-state index in [1.165, 1.54) is 11.2 Å². The Morgan fingerprint density at radius 3 is 2.33 bits per heavy atom. The number of hydrazine groups is 1. The molecule has 4 aromatic rings. The lowest BCUT2D eigenvalue weighted by Gasteiger charge is -2.38. The number of primary amides is 1. The Hall–Kier alpha value is -6.07. The monoisotopic (exact) mass is 783 g/mol. The molecule has 304 valence electrons. The maximum Gasteiger partial charge on any atom is 0.339 e. The van der Waals surface area contributed by atoms with E-state index in [0.29, 0.717) is 37.9 Å². The molecule has 17 heteroatoms. The maximum absolute atomic E-state index is 14.4. The van der Waals surface area contributed by atoms with Crippen LogP contribution in [0.3, 0.4) is 0 Å². The Bertz CT molecular complexity index is 1990. The summed E-state index contributed by atoms with van der Waals surface area (Å²) in [6.07, 6.45) is 6.98. The first kappa shape index (κ1) is 42.1. The van der Waals surface area contributed by atoms with Crippen molar-refractivity contribution in [1.82, 2.24) is 40.9 Å². The number of carbonyl (C=O) groups is 6. The molecule has 0 unspecified atom stereocenters. The fraction of sp³-hybridized carbons (Fsp3) is 0.425. The second-order valence-corrected chi connectivity index (χ2v) is 14.5. The molecule has 0 spiro atoms. The van der Waals surface area contributed by atoms with E-state index >= 15 is 0 Å². The summed E-state index contributed by atoms with van der Waals surface area (Å²) in [4.78, 5) is 92.5. The van der Waals surface area contributed by atoms with Crippen molar-refractivity contribution in [2.75, 3.05) is 19.6 Å². The fourth-order valence-electron chi connectivity index (χ4n) is 6.96. The number of nitrogens with one attached hydrogen (secondary N) is 5. The summed E-state index contributed by atoms with van der Waals surface area (Å²) in [6.45, 7) is 2.42. The number of unbranched alkanes of at least 4 members (excludes halogenated alkanes) is 1. The molecule has 0 bridgehead atoms. The molecular weight excluding hydrogens is 731 g/mol. The predicted octanol–water partition coefficient (Wildman–Crippen LogP) is 0.953. The lowest BCUT2D eigenvalue weighted by atomic mass is 9.89. The van der Waals surface area contributed by atoms with Crippen molar-refractivity contribution in [2.45, 2.75) is 82.5 Å². The Morgan fingerprint density at radius 1 is 0.877 bits per heavy atom. The summed E-state index contributed by atoms with van der Waals surface area (Å²) in [5.41, 5.74) is 23.0.